The summed E-state index contributed by atoms with van der Waals surface area (Å²) in [4.78, 5) is 23.4. The first-order valence-corrected chi connectivity index (χ1v) is 31.6. The molecule has 0 aromatic carbocycles. The van der Waals surface area contributed by atoms with Crippen molar-refractivity contribution in [2.75, 3.05) is 40.9 Å². The second kappa shape index (κ2) is 53.0. The highest BCUT2D eigenvalue weighted by Gasteiger charge is 2.28. The quantitative estimate of drug-likeness (QED) is 0.0243. The number of amides is 1. The van der Waals surface area contributed by atoms with E-state index in [9.17, 15) is 19.4 Å². The van der Waals surface area contributed by atoms with Gasteiger partial charge >= 0.3 is 7.82 Å². The van der Waals surface area contributed by atoms with E-state index < -0.39 is 20.0 Å². The van der Waals surface area contributed by atoms with Gasteiger partial charge in [0.25, 0.3) is 0 Å². The van der Waals surface area contributed by atoms with E-state index in [-0.39, 0.29) is 19.1 Å². The Morgan fingerprint density at radius 3 is 1.24 bits per heavy atom. The molecule has 0 saturated heterocycles. The van der Waals surface area contributed by atoms with E-state index in [4.69, 9.17) is 9.05 Å². The van der Waals surface area contributed by atoms with Crippen molar-refractivity contribution < 1.29 is 32.9 Å². The molecule has 0 rings (SSSR count). The van der Waals surface area contributed by atoms with E-state index in [0.29, 0.717) is 23.9 Å². The maximum absolute atomic E-state index is 13.0. The van der Waals surface area contributed by atoms with Crippen molar-refractivity contribution in [3.05, 3.63) is 60.8 Å². The van der Waals surface area contributed by atoms with Crippen LogP contribution in [0.25, 0.3) is 0 Å². The Hall–Kier alpha value is -1.80. The van der Waals surface area contributed by atoms with Crippen LogP contribution in [0.2, 0.25) is 0 Å². The third-order valence-corrected chi connectivity index (χ3v) is 14.5. The average molecular weight is 1020 g/mol. The van der Waals surface area contributed by atoms with Crippen LogP contribution in [0.15, 0.2) is 60.8 Å². The first-order valence-electron chi connectivity index (χ1n) is 30.2. The number of hydrogen-bond donors (Lipinski definition) is 3. The number of phosphoric acid groups is 1. The Balaban J connectivity index is 4.15. The molecular weight excluding hydrogens is 900 g/mol. The summed E-state index contributed by atoms with van der Waals surface area (Å²) in [5.74, 6) is -0.146. The van der Waals surface area contributed by atoms with Gasteiger partial charge in [0.1, 0.15) is 13.2 Å². The Labute approximate surface area is 441 Å². The van der Waals surface area contributed by atoms with Gasteiger partial charge in [0.05, 0.1) is 39.9 Å². The number of rotatable bonds is 55. The molecule has 8 nitrogen and oxygen atoms in total. The normalized spacial score (nSPS) is 14.3. The molecular formula is C62H118N2O6P+. The highest BCUT2D eigenvalue weighted by molar-refractivity contribution is 7.47. The number of nitrogens with zero attached hydrogens (tertiary/aromatic N) is 1. The van der Waals surface area contributed by atoms with Gasteiger partial charge in [0.2, 0.25) is 5.91 Å². The number of phosphoric ester groups is 1. The number of unbranched alkanes of at least 4 members (excludes halogenated alkanes) is 32. The Morgan fingerprint density at radius 1 is 0.493 bits per heavy atom. The van der Waals surface area contributed by atoms with Gasteiger partial charge in [-0.1, -0.05) is 274 Å². The van der Waals surface area contributed by atoms with E-state index >= 15 is 0 Å². The molecule has 3 atom stereocenters. The number of carbonyl (C=O) groups is 1. The molecule has 0 bridgehead atoms. The first-order chi connectivity index (χ1) is 34.5. The van der Waals surface area contributed by atoms with E-state index in [2.05, 4.69) is 79.9 Å². The van der Waals surface area contributed by atoms with Gasteiger partial charge in [-0.3, -0.25) is 13.8 Å². The van der Waals surface area contributed by atoms with E-state index in [1.54, 1.807) is 0 Å². The highest BCUT2D eigenvalue weighted by Crippen LogP contribution is 2.43. The zero-order valence-corrected chi connectivity index (χ0v) is 48.4. The topological polar surface area (TPSA) is 105 Å². The molecule has 0 spiro atoms. The van der Waals surface area contributed by atoms with Crippen LogP contribution < -0.4 is 5.32 Å². The molecule has 0 aromatic heterocycles. The monoisotopic (exact) mass is 1020 g/mol. The maximum Gasteiger partial charge on any atom is 0.472 e. The predicted octanol–water partition coefficient (Wildman–Crippen LogP) is 18.5. The second-order valence-electron chi connectivity index (χ2n) is 21.7. The van der Waals surface area contributed by atoms with Crippen LogP contribution in [0.3, 0.4) is 0 Å². The van der Waals surface area contributed by atoms with Crippen LogP contribution in [-0.4, -0.2) is 73.4 Å². The summed E-state index contributed by atoms with van der Waals surface area (Å²) in [6.07, 6.45) is 71.3. The van der Waals surface area contributed by atoms with Crippen molar-refractivity contribution in [3.63, 3.8) is 0 Å². The second-order valence-corrected chi connectivity index (χ2v) is 23.2. The van der Waals surface area contributed by atoms with Gasteiger partial charge in [0.15, 0.2) is 0 Å². The third kappa shape index (κ3) is 55.8. The zero-order valence-electron chi connectivity index (χ0n) is 47.5. The molecule has 0 heterocycles. The summed E-state index contributed by atoms with van der Waals surface area (Å²) in [5.41, 5.74) is 0. The van der Waals surface area contributed by atoms with Crippen molar-refractivity contribution in [2.45, 2.75) is 289 Å². The van der Waals surface area contributed by atoms with Crippen LogP contribution in [0.1, 0.15) is 277 Å². The van der Waals surface area contributed by atoms with Crippen LogP contribution >= 0.6 is 7.82 Å². The molecule has 3 unspecified atom stereocenters. The van der Waals surface area contributed by atoms with Crippen LogP contribution in [0, 0.1) is 0 Å². The van der Waals surface area contributed by atoms with Gasteiger partial charge in [-0.25, -0.2) is 4.57 Å². The maximum atomic E-state index is 13.0. The number of allylic oxidation sites excluding steroid dienone is 10. The van der Waals surface area contributed by atoms with Crippen LogP contribution in [0.5, 0.6) is 0 Å². The van der Waals surface area contributed by atoms with Crippen LogP contribution in [-0.2, 0) is 18.4 Å². The van der Waals surface area contributed by atoms with E-state index in [1.807, 2.05) is 21.1 Å². The first kappa shape index (κ1) is 69.2. The molecule has 1 amide bonds. The number of nitrogens with one attached hydrogen (secondary N) is 1. The van der Waals surface area contributed by atoms with Gasteiger partial charge in [-0.05, 0) is 57.8 Å². The van der Waals surface area contributed by atoms with Crippen molar-refractivity contribution >= 4 is 13.7 Å². The summed E-state index contributed by atoms with van der Waals surface area (Å²) in [7, 11) is 1.62. The van der Waals surface area contributed by atoms with Crippen LogP contribution in [0.4, 0.5) is 0 Å². The molecule has 0 aliphatic carbocycles. The summed E-state index contributed by atoms with van der Waals surface area (Å²) >= 11 is 0. The average Bonchev–Trinajstić information content (AvgIpc) is 3.33. The third-order valence-electron chi connectivity index (χ3n) is 13.5. The molecule has 0 radical (unpaired) electrons. The van der Waals surface area contributed by atoms with Crippen molar-refractivity contribution in [1.29, 1.82) is 0 Å². The highest BCUT2D eigenvalue weighted by atomic mass is 31.2. The lowest BCUT2D eigenvalue weighted by Crippen LogP contribution is -2.46. The minimum atomic E-state index is -4.33. The Morgan fingerprint density at radius 2 is 0.845 bits per heavy atom. The number of aliphatic hydroxyl groups excluding tert-OH is 1. The van der Waals surface area contributed by atoms with E-state index in [1.165, 1.54) is 180 Å². The van der Waals surface area contributed by atoms with Gasteiger partial charge < -0.3 is 19.8 Å². The summed E-state index contributed by atoms with van der Waals surface area (Å²) in [6, 6.07) is -0.766. The van der Waals surface area contributed by atoms with Gasteiger partial charge in [0, 0.05) is 6.42 Å². The standard InChI is InChI=1S/C62H117N2O6P/c1-6-8-10-12-14-16-18-20-22-24-26-28-30-31-32-33-34-36-38-40-42-44-46-48-50-52-54-56-62(66)63-60(59-70-71(67,68)69-58-57-64(3,4)5)61(65)55-53-51-49-47-45-43-41-39-37-35-29-27-25-23-21-19-17-15-13-11-9-7-2/h8,10,14,16,20,22,26,28,31-32,60-61,65H,6-7,9,11-13,15,17-19,21,23-25,27,29-30,33-59H2,1-5H3,(H-,63,66,67,68)/p+1/b10-8-,16-14-,22-20-,28-26-,32-31-. The molecule has 416 valence electrons. The molecule has 9 heteroatoms. The fourth-order valence-corrected chi connectivity index (χ4v) is 9.58. The molecule has 3 N–H and O–H groups in total. The molecule has 0 saturated carbocycles. The number of quaternary nitrogens is 1. The predicted molar refractivity (Wildman–Crippen MR) is 309 cm³/mol. The molecule has 0 fully saturated rings. The zero-order chi connectivity index (χ0) is 52.0. The summed E-state index contributed by atoms with van der Waals surface area (Å²) in [6.45, 7) is 4.80. The fourth-order valence-electron chi connectivity index (χ4n) is 8.84. The van der Waals surface area contributed by atoms with Gasteiger partial charge in [-0.15, -0.1) is 0 Å². The number of likely N-dealkylation sites (N-methyl/N-ethyl adjacent to an activating group) is 1. The number of hydrogen-bond acceptors (Lipinski definition) is 5. The fraction of sp³-hybridized carbons (Fsp3) is 0.823. The lowest BCUT2D eigenvalue weighted by molar-refractivity contribution is -0.870. The van der Waals surface area contributed by atoms with Crippen molar-refractivity contribution in [1.82, 2.24) is 5.32 Å². The smallest absolute Gasteiger partial charge is 0.391 e. The van der Waals surface area contributed by atoms with E-state index in [0.717, 1.165) is 70.6 Å². The van der Waals surface area contributed by atoms with Crippen molar-refractivity contribution in [2.24, 2.45) is 0 Å². The molecule has 71 heavy (non-hydrogen) atoms. The Bertz CT molecular complexity index is 1340. The van der Waals surface area contributed by atoms with Gasteiger partial charge in [-0.2, -0.15) is 0 Å². The number of aliphatic hydroxyl groups is 1. The minimum Gasteiger partial charge on any atom is -0.391 e. The summed E-state index contributed by atoms with van der Waals surface area (Å²) < 4.78 is 23.8. The number of carbonyl (C=O) groups excluding carboxylic acids is 1. The summed E-state index contributed by atoms with van der Waals surface area (Å²) in [5, 5.41) is 14.1. The SMILES string of the molecule is CC/C=C\C/C=C\C/C=C\C/C=C\C/C=C\CCCCCCCCCCCCCC(=O)NC(COP(=O)(O)OCC[N+](C)(C)C)C(O)CCCCCCCCCCCCCCCCCCCCCCCC. The largest absolute Gasteiger partial charge is 0.472 e. The molecule has 0 aliphatic heterocycles. The molecule has 0 aliphatic rings. The minimum absolute atomic E-state index is 0.0727. The lowest BCUT2D eigenvalue weighted by Gasteiger charge is -2.26. The molecule has 0 aromatic rings. The lowest BCUT2D eigenvalue weighted by atomic mass is 10.0. The Kier molecular flexibility index (Phi) is 51.7. The van der Waals surface area contributed by atoms with Crippen molar-refractivity contribution in [3.8, 4) is 0 Å².